The van der Waals surface area contributed by atoms with Gasteiger partial charge in [0.15, 0.2) is 6.10 Å². The number of carboxylic acids is 1. The summed E-state index contributed by atoms with van der Waals surface area (Å²) >= 11 is 5.71. The third kappa shape index (κ3) is 2.84. The zero-order valence-electron chi connectivity index (χ0n) is 9.18. The zero-order chi connectivity index (χ0) is 13.1. The third-order valence-corrected chi connectivity index (χ3v) is 2.58. The Hall–Kier alpha value is -1.95. The number of carbonyl (C=O) groups is 2. The molecule has 1 saturated heterocycles. The van der Waals surface area contributed by atoms with E-state index in [1.807, 2.05) is 0 Å². The molecule has 1 amide bonds. The van der Waals surface area contributed by atoms with Gasteiger partial charge >= 0.3 is 12.1 Å². The van der Waals surface area contributed by atoms with Crippen molar-refractivity contribution in [2.75, 3.05) is 13.2 Å². The van der Waals surface area contributed by atoms with Crippen LogP contribution in [0.25, 0.3) is 0 Å². The molecule has 6 nitrogen and oxygen atoms in total. The number of halogens is 1. The van der Waals surface area contributed by atoms with Crippen molar-refractivity contribution in [2.45, 2.75) is 6.10 Å². The van der Waals surface area contributed by atoms with E-state index in [4.69, 9.17) is 26.2 Å². The van der Waals surface area contributed by atoms with Gasteiger partial charge in [-0.25, -0.2) is 9.59 Å². The molecule has 1 atom stereocenters. The van der Waals surface area contributed by atoms with Crippen molar-refractivity contribution < 1.29 is 24.2 Å². The number of nitrogens with one attached hydrogen (secondary N) is 1. The number of carboxylic acid groups (broad SMARTS) is 1. The number of aromatic carboxylic acids is 1. The molecule has 1 unspecified atom stereocenters. The molecular weight excluding hydrogens is 262 g/mol. The number of hydrogen-bond donors (Lipinski definition) is 2. The molecule has 1 fully saturated rings. The molecule has 1 aromatic carbocycles. The monoisotopic (exact) mass is 271 g/mol. The van der Waals surface area contributed by atoms with Gasteiger partial charge in [0.2, 0.25) is 0 Å². The number of rotatable bonds is 4. The van der Waals surface area contributed by atoms with Crippen molar-refractivity contribution in [1.82, 2.24) is 5.32 Å². The Bertz CT molecular complexity index is 490. The summed E-state index contributed by atoms with van der Waals surface area (Å²) in [4.78, 5) is 21.8. The van der Waals surface area contributed by atoms with Crippen LogP contribution in [0, 0.1) is 0 Å². The van der Waals surface area contributed by atoms with E-state index in [0.29, 0.717) is 11.6 Å². The van der Waals surface area contributed by atoms with Crippen LogP contribution in [0.3, 0.4) is 0 Å². The average Bonchev–Trinajstić information content (AvgIpc) is 2.73. The SMILES string of the molecule is O=C1NCC(COc2ccc(Cl)cc2C(=O)O)O1. The summed E-state index contributed by atoms with van der Waals surface area (Å²) in [5, 5.41) is 11.8. The van der Waals surface area contributed by atoms with Gasteiger partial charge in [0.05, 0.1) is 6.54 Å². The maximum absolute atomic E-state index is 11.0. The summed E-state index contributed by atoms with van der Waals surface area (Å²) in [6, 6.07) is 4.30. The number of cyclic esters (lactones) is 1. The van der Waals surface area contributed by atoms with Crippen LogP contribution in [0.5, 0.6) is 5.75 Å². The lowest BCUT2D eigenvalue weighted by molar-refractivity contribution is 0.0684. The lowest BCUT2D eigenvalue weighted by Gasteiger charge is -2.12. The van der Waals surface area contributed by atoms with Gasteiger partial charge in [-0.3, -0.25) is 0 Å². The van der Waals surface area contributed by atoms with E-state index in [1.165, 1.54) is 18.2 Å². The fourth-order valence-electron chi connectivity index (χ4n) is 1.50. The normalized spacial score (nSPS) is 18.1. The Morgan fingerprint density at radius 1 is 1.61 bits per heavy atom. The summed E-state index contributed by atoms with van der Waals surface area (Å²) in [7, 11) is 0. The van der Waals surface area contributed by atoms with Crippen LogP contribution in [-0.4, -0.2) is 36.4 Å². The summed E-state index contributed by atoms with van der Waals surface area (Å²) in [6.07, 6.45) is -0.923. The quantitative estimate of drug-likeness (QED) is 0.867. The Labute approximate surface area is 107 Å². The second-order valence-corrected chi connectivity index (χ2v) is 4.10. The Morgan fingerprint density at radius 2 is 2.39 bits per heavy atom. The van der Waals surface area contributed by atoms with Crippen molar-refractivity contribution in [1.29, 1.82) is 0 Å². The van der Waals surface area contributed by atoms with Gasteiger partial charge in [-0.05, 0) is 18.2 Å². The molecule has 0 spiro atoms. The van der Waals surface area contributed by atoms with Crippen molar-refractivity contribution in [2.24, 2.45) is 0 Å². The molecule has 7 heteroatoms. The second kappa shape index (κ2) is 5.14. The first-order valence-electron chi connectivity index (χ1n) is 5.16. The molecule has 2 N–H and O–H groups in total. The maximum atomic E-state index is 11.0. The number of carbonyl (C=O) groups excluding carboxylic acids is 1. The third-order valence-electron chi connectivity index (χ3n) is 2.34. The van der Waals surface area contributed by atoms with Gasteiger partial charge < -0.3 is 19.9 Å². The second-order valence-electron chi connectivity index (χ2n) is 3.66. The van der Waals surface area contributed by atoms with Crippen LogP contribution in [0.2, 0.25) is 5.02 Å². The standard InChI is InChI=1S/C11H10ClNO5/c12-6-1-2-9(8(3-6)10(14)15)17-5-7-4-13-11(16)18-7/h1-3,7H,4-5H2,(H,13,16)(H,14,15). The maximum Gasteiger partial charge on any atom is 0.407 e. The number of amides is 1. The van der Waals surface area contributed by atoms with E-state index in [2.05, 4.69) is 5.32 Å². The van der Waals surface area contributed by atoms with Crippen LogP contribution in [0.4, 0.5) is 4.79 Å². The topological polar surface area (TPSA) is 84.9 Å². The molecule has 0 radical (unpaired) electrons. The van der Waals surface area contributed by atoms with E-state index in [1.54, 1.807) is 0 Å². The minimum absolute atomic E-state index is 0.0280. The Kier molecular flexibility index (Phi) is 3.57. The smallest absolute Gasteiger partial charge is 0.407 e. The summed E-state index contributed by atoms with van der Waals surface area (Å²) in [5.41, 5.74) is -0.0280. The lowest BCUT2D eigenvalue weighted by atomic mass is 10.2. The average molecular weight is 272 g/mol. The van der Waals surface area contributed by atoms with Crippen LogP contribution >= 0.6 is 11.6 Å². The highest BCUT2D eigenvalue weighted by Crippen LogP contribution is 2.23. The molecular formula is C11H10ClNO5. The van der Waals surface area contributed by atoms with Gasteiger partial charge in [0.25, 0.3) is 0 Å². The first-order chi connectivity index (χ1) is 8.56. The van der Waals surface area contributed by atoms with E-state index in [0.717, 1.165) is 0 Å². The molecule has 18 heavy (non-hydrogen) atoms. The van der Waals surface area contributed by atoms with Gasteiger partial charge in [0, 0.05) is 5.02 Å². The van der Waals surface area contributed by atoms with E-state index in [9.17, 15) is 9.59 Å². The van der Waals surface area contributed by atoms with E-state index in [-0.39, 0.29) is 17.9 Å². The van der Waals surface area contributed by atoms with Crippen LogP contribution < -0.4 is 10.1 Å². The molecule has 0 saturated carbocycles. The molecule has 1 aliphatic heterocycles. The van der Waals surface area contributed by atoms with Crippen molar-refractivity contribution in [3.05, 3.63) is 28.8 Å². The fourth-order valence-corrected chi connectivity index (χ4v) is 1.67. The molecule has 96 valence electrons. The molecule has 1 heterocycles. The zero-order valence-corrected chi connectivity index (χ0v) is 9.94. The van der Waals surface area contributed by atoms with Crippen molar-refractivity contribution in [3.8, 4) is 5.75 Å². The summed E-state index contributed by atoms with van der Waals surface area (Å²) in [6.45, 7) is 0.426. The molecule has 0 bridgehead atoms. The highest BCUT2D eigenvalue weighted by Gasteiger charge is 2.23. The Morgan fingerprint density at radius 3 is 3.00 bits per heavy atom. The van der Waals surface area contributed by atoms with Crippen LogP contribution in [0.1, 0.15) is 10.4 Å². The molecule has 0 aliphatic carbocycles. The number of benzene rings is 1. The van der Waals surface area contributed by atoms with E-state index >= 15 is 0 Å². The van der Waals surface area contributed by atoms with E-state index < -0.39 is 18.2 Å². The molecule has 1 aromatic rings. The Balaban J connectivity index is 2.04. The van der Waals surface area contributed by atoms with Gasteiger partial charge in [0.1, 0.15) is 17.9 Å². The molecule has 0 aromatic heterocycles. The largest absolute Gasteiger partial charge is 0.489 e. The van der Waals surface area contributed by atoms with Gasteiger partial charge in [-0.1, -0.05) is 11.6 Å². The van der Waals surface area contributed by atoms with Gasteiger partial charge in [-0.2, -0.15) is 0 Å². The molecule has 2 rings (SSSR count). The fraction of sp³-hybridized carbons (Fsp3) is 0.273. The highest BCUT2D eigenvalue weighted by atomic mass is 35.5. The summed E-state index contributed by atoms with van der Waals surface area (Å²) < 4.78 is 10.2. The predicted octanol–water partition coefficient (Wildman–Crippen LogP) is 1.53. The van der Waals surface area contributed by atoms with Crippen molar-refractivity contribution >= 4 is 23.7 Å². The minimum atomic E-state index is -1.13. The highest BCUT2D eigenvalue weighted by molar-refractivity contribution is 6.31. The first kappa shape index (κ1) is 12.5. The van der Waals surface area contributed by atoms with Crippen molar-refractivity contribution in [3.63, 3.8) is 0 Å². The van der Waals surface area contributed by atoms with Gasteiger partial charge in [-0.15, -0.1) is 0 Å². The molecule has 1 aliphatic rings. The predicted molar refractivity (Wildman–Crippen MR) is 62.2 cm³/mol. The number of hydrogen-bond acceptors (Lipinski definition) is 4. The number of ether oxygens (including phenoxy) is 2. The lowest BCUT2D eigenvalue weighted by Crippen LogP contribution is -2.22. The van der Waals surface area contributed by atoms with Crippen LogP contribution in [0.15, 0.2) is 18.2 Å². The van der Waals surface area contributed by atoms with Crippen LogP contribution in [-0.2, 0) is 4.74 Å². The summed E-state index contributed by atoms with van der Waals surface area (Å²) in [5.74, 6) is -0.941. The first-order valence-corrected chi connectivity index (χ1v) is 5.54. The minimum Gasteiger partial charge on any atom is -0.489 e. The number of alkyl carbamates (subject to hydrolysis) is 1.